The maximum atomic E-state index is 13.2. The zero-order valence-electron chi connectivity index (χ0n) is 16.8. The van der Waals surface area contributed by atoms with Gasteiger partial charge in [0.25, 0.3) is 0 Å². The molecule has 0 aliphatic carbocycles. The van der Waals surface area contributed by atoms with E-state index in [9.17, 15) is 18.0 Å². The molecular weight excluding hydrogens is 541 g/mol. The molecular formula is C20H23ClIN3O4S. The topological polar surface area (TPSA) is 86.8 Å². The lowest BCUT2D eigenvalue weighted by molar-refractivity contribution is -0.139. The molecule has 0 fully saturated rings. The van der Waals surface area contributed by atoms with E-state index in [0.717, 1.165) is 19.7 Å². The number of halogens is 2. The van der Waals surface area contributed by atoms with Gasteiger partial charge in [0.1, 0.15) is 12.6 Å². The van der Waals surface area contributed by atoms with Gasteiger partial charge in [-0.2, -0.15) is 0 Å². The molecule has 0 spiro atoms. The smallest absolute Gasteiger partial charge is 0.244 e. The fourth-order valence-corrected chi connectivity index (χ4v) is 4.27. The molecule has 2 rings (SSSR count). The second-order valence-corrected chi connectivity index (χ2v) is 10.3. The quantitative estimate of drug-likeness (QED) is 0.501. The molecule has 0 radical (unpaired) electrons. The summed E-state index contributed by atoms with van der Waals surface area (Å²) in [4.78, 5) is 26.8. The molecule has 0 saturated carbocycles. The Morgan fingerprint density at radius 1 is 1.17 bits per heavy atom. The highest BCUT2D eigenvalue weighted by molar-refractivity contribution is 14.1. The van der Waals surface area contributed by atoms with E-state index in [1.807, 2.05) is 0 Å². The number of carbonyl (C=O) groups is 2. The van der Waals surface area contributed by atoms with Crippen molar-refractivity contribution in [2.75, 3.05) is 24.2 Å². The van der Waals surface area contributed by atoms with Gasteiger partial charge < -0.3 is 10.2 Å². The minimum absolute atomic E-state index is 0.109. The number of hydrogen-bond donors (Lipinski definition) is 1. The Morgan fingerprint density at radius 3 is 2.33 bits per heavy atom. The second kappa shape index (κ2) is 10.5. The van der Waals surface area contributed by atoms with Crippen LogP contribution in [0.4, 0.5) is 5.69 Å². The van der Waals surface area contributed by atoms with Crippen LogP contribution in [0.1, 0.15) is 12.5 Å². The summed E-state index contributed by atoms with van der Waals surface area (Å²) in [6.07, 6.45) is 1.04. The molecule has 0 aliphatic heterocycles. The van der Waals surface area contributed by atoms with Crippen molar-refractivity contribution in [1.29, 1.82) is 0 Å². The summed E-state index contributed by atoms with van der Waals surface area (Å²) in [5.41, 5.74) is 1.10. The second-order valence-electron chi connectivity index (χ2n) is 6.69. The predicted octanol–water partition coefficient (Wildman–Crippen LogP) is 2.87. The number of amides is 2. The summed E-state index contributed by atoms with van der Waals surface area (Å²) >= 11 is 8.16. The van der Waals surface area contributed by atoms with E-state index in [2.05, 4.69) is 27.9 Å². The minimum atomic E-state index is -3.73. The Labute approximate surface area is 195 Å². The highest BCUT2D eigenvalue weighted by atomic mass is 127. The van der Waals surface area contributed by atoms with Crippen LogP contribution in [0, 0.1) is 3.57 Å². The molecule has 0 heterocycles. The summed E-state index contributed by atoms with van der Waals surface area (Å²) in [5, 5.41) is 3.03. The molecule has 30 heavy (non-hydrogen) atoms. The maximum Gasteiger partial charge on any atom is 0.244 e. The van der Waals surface area contributed by atoms with E-state index in [0.29, 0.717) is 10.7 Å². The molecule has 1 N–H and O–H groups in total. The molecule has 2 aromatic carbocycles. The Bertz CT molecular complexity index is 1010. The number of carbonyl (C=O) groups excluding carboxylic acids is 2. The standard InChI is InChI=1S/C20H23ClIN3O4S/c1-14(20(27)23-2)24(12-15-5-4-6-16(21)11-15)19(26)13-25(30(3,28)29)18-9-7-17(22)8-10-18/h4-11,14H,12-13H2,1-3H3,(H,23,27)/t14-/m1/s1. The Morgan fingerprint density at radius 2 is 1.80 bits per heavy atom. The van der Waals surface area contributed by atoms with E-state index in [4.69, 9.17) is 11.6 Å². The van der Waals surface area contributed by atoms with Crippen LogP contribution in [-0.4, -0.2) is 51.0 Å². The van der Waals surface area contributed by atoms with Crippen LogP contribution in [0.5, 0.6) is 0 Å². The third-order valence-corrected chi connectivity index (χ3v) is 6.54. The molecule has 0 unspecified atom stereocenters. The Kier molecular flexibility index (Phi) is 8.51. The van der Waals surface area contributed by atoms with Gasteiger partial charge in [-0.1, -0.05) is 23.7 Å². The lowest BCUT2D eigenvalue weighted by atomic mass is 10.1. The first kappa shape index (κ1) is 24.4. The van der Waals surface area contributed by atoms with Crippen LogP contribution in [0.3, 0.4) is 0 Å². The van der Waals surface area contributed by atoms with Crippen LogP contribution in [0.15, 0.2) is 48.5 Å². The van der Waals surface area contributed by atoms with Gasteiger partial charge in [0, 0.05) is 22.2 Å². The molecule has 0 aromatic heterocycles. The third-order valence-electron chi connectivity index (χ3n) is 4.45. The fourth-order valence-electron chi connectivity index (χ4n) is 2.84. The van der Waals surface area contributed by atoms with E-state index in [1.165, 1.54) is 11.9 Å². The lowest BCUT2D eigenvalue weighted by Crippen LogP contribution is -2.50. The molecule has 1 atom stereocenters. The van der Waals surface area contributed by atoms with E-state index in [-0.39, 0.29) is 12.5 Å². The third kappa shape index (κ3) is 6.58. The van der Waals surface area contributed by atoms with Crippen LogP contribution in [0.25, 0.3) is 0 Å². The molecule has 2 aromatic rings. The number of rotatable bonds is 8. The van der Waals surface area contributed by atoms with E-state index >= 15 is 0 Å². The van der Waals surface area contributed by atoms with Crippen molar-refractivity contribution in [3.8, 4) is 0 Å². The van der Waals surface area contributed by atoms with Crippen molar-refractivity contribution in [2.45, 2.75) is 19.5 Å². The minimum Gasteiger partial charge on any atom is -0.357 e. The van der Waals surface area contributed by atoms with Crippen LogP contribution < -0.4 is 9.62 Å². The molecule has 2 amide bonds. The van der Waals surface area contributed by atoms with Crippen molar-refractivity contribution in [2.24, 2.45) is 0 Å². The van der Waals surface area contributed by atoms with Crippen LogP contribution in [-0.2, 0) is 26.2 Å². The zero-order chi connectivity index (χ0) is 22.5. The van der Waals surface area contributed by atoms with Gasteiger partial charge in [-0.25, -0.2) is 8.42 Å². The molecule has 0 saturated heterocycles. The van der Waals surface area contributed by atoms with Gasteiger partial charge in [0.15, 0.2) is 0 Å². The SMILES string of the molecule is CNC(=O)[C@@H](C)N(Cc1cccc(Cl)c1)C(=O)CN(c1ccc(I)cc1)S(C)(=O)=O. The molecule has 10 heteroatoms. The van der Waals surface area contributed by atoms with Gasteiger partial charge in [0.05, 0.1) is 11.9 Å². The lowest BCUT2D eigenvalue weighted by Gasteiger charge is -2.31. The monoisotopic (exact) mass is 563 g/mol. The fraction of sp³-hybridized carbons (Fsp3) is 0.300. The highest BCUT2D eigenvalue weighted by Gasteiger charge is 2.29. The molecule has 162 valence electrons. The van der Waals surface area contributed by atoms with Crippen molar-refractivity contribution >= 4 is 61.7 Å². The summed E-state index contributed by atoms with van der Waals surface area (Å²) in [6, 6.07) is 12.9. The van der Waals surface area contributed by atoms with Crippen molar-refractivity contribution in [3.63, 3.8) is 0 Å². The van der Waals surface area contributed by atoms with Crippen LogP contribution >= 0.6 is 34.2 Å². The summed E-state index contributed by atoms with van der Waals surface area (Å²) in [6.45, 7) is 1.27. The summed E-state index contributed by atoms with van der Waals surface area (Å²) in [5.74, 6) is -0.861. The van der Waals surface area contributed by atoms with Gasteiger partial charge >= 0.3 is 0 Å². The molecule has 0 bridgehead atoms. The van der Waals surface area contributed by atoms with Crippen LogP contribution in [0.2, 0.25) is 5.02 Å². The highest BCUT2D eigenvalue weighted by Crippen LogP contribution is 2.21. The number of sulfonamides is 1. The number of nitrogens with zero attached hydrogens (tertiary/aromatic N) is 2. The first-order chi connectivity index (χ1) is 14.0. The maximum absolute atomic E-state index is 13.2. The van der Waals surface area contributed by atoms with Gasteiger partial charge in [0.2, 0.25) is 21.8 Å². The van der Waals surface area contributed by atoms with Gasteiger partial charge in [-0.05, 0) is 71.5 Å². The normalized spacial score (nSPS) is 12.2. The Hall–Kier alpha value is -1.85. The van der Waals surface area contributed by atoms with Gasteiger partial charge in [-0.3, -0.25) is 13.9 Å². The largest absolute Gasteiger partial charge is 0.357 e. The van der Waals surface area contributed by atoms with Crippen molar-refractivity contribution < 1.29 is 18.0 Å². The zero-order valence-corrected chi connectivity index (χ0v) is 20.5. The number of anilines is 1. The first-order valence-corrected chi connectivity index (χ1v) is 12.3. The van der Waals surface area contributed by atoms with Gasteiger partial charge in [-0.15, -0.1) is 0 Å². The van der Waals surface area contributed by atoms with Crippen molar-refractivity contribution in [3.05, 3.63) is 62.7 Å². The molecule has 7 nitrogen and oxygen atoms in total. The van der Waals surface area contributed by atoms with Crippen molar-refractivity contribution in [1.82, 2.24) is 10.2 Å². The average molecular weight is 564 g/mol. The summed E-state index contributed by atoms with van der Waals surface area (Å²) in [7, 11) is -2.25. The number of nitrogens with one attached hydrogen (secondary N) is 1. The van der Waals surface area contributed by atoms with E-state index < -0.39 is 28.5 Å². The number of benzene rings is 2. The number of likely N-dealkylation sites (N-methyl/N-ethyl adjacent to an activating group) is 1. The predicted molar refractivity (Wildman–Crippen MR) is 127 cm³/mol. The number of hydrogen-bond acceptors (Lipinski definition) is 4. The summed E-state index contributed by atoms with van der Waals surface area (Å²) < 4.78 is 26.8. The first-order valence-electron chi connectivity index (χ1n) is 9.01. The average Bonchev–Trinajstić information content (AvgIpc) is 2.69. The van der Waals surface area contributed by atoms with E-state index in [1.54, 1.807) is 55.5 Å². The molecule has 0 aliphatic rings. The Balaban J connectivity index is 2.36.